The Hall–Kier alpha value is -1.63. The zero-order chi connectivity index (χ0) is 19.8. The van der Waals surface area contributed by atoms with Gasteiger partial charge in [0.2, 0.25) is 0 Å². The maximum atomic E-state index is 12.3. The summed E-state index contributed by atoms with van der Waals surface area (Å²) in [6.45, 7) is 5.48. The first-order valence-corrected chi connectivity index (χ1v) is 11.0. The minimum absolute atomic E-state index is 0.0169. The number of halogens is 1. The van der Waals surface area contributed by atoms with Crippen LogP contribution >= 0.6 is 11.6 Å². The fourth-order valence-corrected chi connectivity index (χ4v) is 4.42. The summed E-state index contributed by atoms with van der Waals surface area (Å²) in [6, 6.07) is 7.28. The SMILES string of the molecule is O=C(C[NH+]1CC[NH+](CC(=O)Nc2ccccc2Cl)CC1)NCC1CCCCC1. The van der Waals surface area contributed by atoms with E-state index in [1.165, 1.54) is 41.9 Å². The molecule has 3 rings (SSSR count). The lowest BCUT2D eigenvalue weighted by Crippen LogP contribution is -3.28. The van der Waals surface area contributed by atoms with Crippen LogP contribution in [-0.4, -0.2) is 57.6 Å². The summed E-state index contributed by atoms with van der Waals surface area (Å²) >= 11 is 6.09. The largest absolute Gasteiger partial charge is 0.351 e. The van der Waals surface area contributed by atoms with Gasteiger partial charge in [0, 0.05) is 6.54 Å². The van der Waals surface area contributed by atoms with E-state index in [0.29, 0.717) is 29.7 Å². The second-order valence-electron chi connectivity index (χ2n) is 8.19. The third-order valence-corrected chi connectivity index (χ3v) is 6.28. The quantitative estimate of drug-likeness (QED) is 0.503. The Bertz CT molecular complexity index is 656. The number of hydrogen-bond acceptors (Lipinski definition) is 2. The molecule has 2 fully saturated rings. The maximum absolute atomic E-state index is 12.3. The lowest BCUT2D eigenvalue weighted by molar-refractivity contribution is -1.00. The van der Waals surface area contributed by atoms with Crippen molar-refractivity contribution in [3.63, 3.8) is 0 Å². The normalized spacial score (nSPS) is 23.2. The molecule has 1 aromatic carbocycles. The number of hydrogen-bond donors (Lipinski definition) is 4. The van der Waals surface area contributed by atoms with Crippen molar-refractivity contribution in [2.45, 2.75) is 32.1 Å². The van der Waals surface area contributed by atoms with Crippen molar-refractivity contribution >= 4 is 29.1 Å². The monoisotopic (exact) mass is 408 g/mol. The minimum atomic E-state index is -0.0169. The third-order valence-electron chi connectivity index (χ3n) is 5.95. The molecule has 0 aromatic heterocycles. The number of carbonyl (C=O) groups is 2. The minimum Gasteiger partial charge on any atom is -0.351 e. The van der Waals surface area contributed by atoms with E-state index >= 15 is 0 Å². The first-order chi connectivity index (χ1) is 13.6. The van der Waals surface area contributed by atoms with Gasteiger partial charge in [-0.2, -0.15) is 0 Å². The van der Waals surface area contributed by atoms with Crippen LogP contribution in [0.4, 0.5) is 5.69 Å². The molecule has 154 valence electrons. The number of amides is 2. The fourth-order valence-electron chi connectivity index (χ4n) is 4.23. The Labute approximate surface area is 172 Å². The molecular formula is C21H33ClN4O2+2. The Morgan fingerprint density at radius 3 is 2.18 bits per heavy atom. The number of nitrogens with one attached hydrogen (secondary N) is 4. The predicted molar refractivity (Wildman–Crippen MR) is 111 cm³/mol. The predicted octanol–water partition coefficient (Wildman–Crippen LogP) is -0.242. The van der Waals surface area contributed by atoms with E-state index in [1.54, 1.807) is 6.07 Å². The number of rotatable bonds is 7. The van der Waals surface area contributed by atoms with Crippen LogP contribution in [0.5, 0.6) is 0 Å². The Balaban J connectivity index is 1.32. The lowest BCUT2D eigenvalue weighted by Gasteiger charge is -2.29. The van der Waals surface area contributed by atoms with E-state index in [1.807, 2.05) is 18.2 Å². The molecule has 1 saturated carbocycles. The molecule has 4 N–H and O–H groups in total. The average molecular weight is 409 g/mol. The van der Waals surface area contributed by atoms with Crippen molar-refractivity contribution in [1.29, 1.82) is 0 Å². The molecule has 1 heterocycles. The van der Waals surface area contributed by atoms with Crippen molar-refractivity contribution in [3.8, 4) is 0 Å². The second-order valence-corrected chi connectivity index (χ2v) is 8.60. The number of carbonyl (C=O) groups excluding carboxylic acids is 2. The molecule has 0 radical (unpaired) electrons. The Kier molecular flexibility index (Phi) is 8.13. The standard InChI is InChI=1S/C21H31ClN4O2/c22-18-8-4-5-9-19(18)24-21(28)16-26-12-10-25(11-13-26)15-20(27)23-14-17-6-2-1-3-7-17/h4-5,8-9,17H,1-3,6-7,10-16H2,(H,23,27)(H,24,28)/p+2. The van der Waals surface area contributed by atoms with E-state index in [4.69, 9.17) is 11.6 Å². The van der Waals surface area contributed by atoms with Gasteiger partial charge in [-0.1, -0.05) is 43.0 Å². The summed E-state index contributed by atoms with van der Waals surface area (Å²) in [4.78, 5) is 27.1. The summed E-state index contributed by atoms with van der Waals surface area (Å²) in [5.74, 6) is 0.822. The molecule has 0 bridgehead atoms. The smallest absolute Gasteiger partial charge is 0.279 e. The summed E-state index contributed by atoms with van der Waals surface area (Å²) in [5, 5.41) is 6.57. The summed E-state index contributed by atoms with van der Waals surface area (Å²) in [6.07, 6.45) is 6.47. The number of quaternary nitrogens is 2. The van der Waals surface area contributed by atoms with Gasteiger partial charge in [0.25, 0.3) is 11.8 Å². The zero-order valence-electron chi connectivity index (χ0n) is 16.6. The van der Waals surface area contributed by atoms with E-state index in [9.17, 15) is 9.59 Å². The van der Waals surface area contributed by atoms with Gasteiger partial charge >= 0.3 is 0 Å². The highest BCUT2D eigenvalue weighted by Gasteiger charge is 2.26. The zero-order valence-corrected chi connectivity index (χ0v) is 17.3. The molecule has 1 saturated heterocycles. The topological polar surface area (TPSA) is 67.1 Å². The van der Waals surface area contributed by atoms with E-state index in [-0.39, 0.29) is 11.8 Å². The molecule has 0 spiro atoms. The number of para-hydroxylation sites is 1. The van der Waals surface area contributed by atoms with Gasteiger partial charge in [0.1, 0.15) is 26.2 Å². The van der Waals surface area contributed by atoms with E-state index < -0.39 is 0 Å². The van der Waals surface area contributed by atoms with Gasteiger partial charge in [0.05, 0.1) is 10.7 Å². The van der Waals surface area contributed by atoms with Gasteiger partial charge in [0.15, 0.2) is 13.1 Å². The fraction of sp³-hybridized carbons (Fsp3) is 0.619. The van der Waals surface area contributed by atoms with Crippen molar-refractivity contribution in [2.24, 2.45) is 5.92 Å². The maximum Gasteiger partial charge on any atom is 0.279 e. The molecule has 2 amide bonds. The van der Waals surface area contributed by atoms with Crippen LogP contribution < -0.4 is 20.4 Å². The number of benzene rings is 1. The van der Waals surface area contributed by atoms with Crippen molar-refractivity contribution in [3.05, 3.63) is 29.3 Å². The van der Waals surface area contributed by atoms with Crippen molar-refractivity contribution < 1.29 is 19.4 Å². The average Bonchev–Trinajstić information content (AvgIpc) is 2.70. The number of piperazine rings is 1. The van der Waals surface area contributed by atoms with Crippen LogP contribution in [0, 0.1) is 5.92 Å². The molecule has 6 nitrogen and oxygen atoms in total. The van der Waals surface area contributed by atoms with Crippen molar-refractivity contribution in [1.82, 2.24) is 5.32 Å². The summed E-state index contributed by atoms with van der Waals surface area (Å²) in [5.41, 5.74) is 0.660. The first kappa shape index (κ1) is 21.1. The van der Waals surface area contributed by atoms with Gasteiger partial charge in [-0.25, -0.2) is 0 Å². The molecule has 1 aliphatic carbocycles. The molecule has 7 heteroatoms. The van der Waals surface area contributed by atoms with E-state index in [2.05, 4.69) is 10.6 Å². The molecule has 0 unspecified atom stereocenters. The lowest BCUT2D eigenvalue weighted by atomic mass is 9.89. The second kappa shape index (κ2) is 10.8. The Morgan fingerprint density at radius 1 is 0.929 bits per heavy atom. The highest BCUT2D eigenvalue weighted by Crippen LogP contribution is 2.22. The van der Waals surface area contributed by atoms with Gasteiger partial charge in [-0.15, -0.1) is 0 Å². The molecule has 0 atom stereocenters. The number of anilines is 1. The highest BCUT2D eigenvalue weighted by atomic mass is 35.5. The van der Waals surface area contributed by atoms with Gasteiger partial charge < -0.3 is 20.4 Å². The highest BCUT2D eigenvalue weighted by molar-refractivity contribution is 6.33. The van der Waals surface area contributed by atoms with Crippen LogP contribution in [0.2, 0.25) is 5.02 Å². The summed E-state index contributed by atoms with van der Waals surface area (Å²) in [7, 11) is 0. The van der Waals surface area contributed by atoms with Crippen LogP contribution in [0.15, 0.2) is 24.3 Å². The Morgan fingerprint density at radius 2 is 1.54 bits per heavy atom. The third kappa shape index (κ3) is 6.76. The van der Waals surface area contributed by atoms with Crippen LogP contribution in [-0.2, 0) is 9.59 Å². The first-order valence-electron chi connectivity index (χ1n) is 10.6. The molecular weight excluding hydrogens is 376 g/mol. The molecule has 1 aliphatic heterocycles. The summed E-state index contributed by atoms with van der Waals surface area (Å²) < 4.78 is 0. The van der Waals surface area contributed by atoms with Gasteiger partial charge in [-0.05, 0) is 30.9 Å². The molecule has 1 aromatic rings. The molecule has 28 heavy (non-hydrogen) atoms. The van der Waals surface area contributed by atoms with Crippen LogP contribution in [0.1, 0.15) is 32.1 Å². The molecule has 2 aliphatic rings. The van der Waals surface area contributed by atoms with Gasteiger partial charge in [-0.3, -0.25) is 9.59 Å². The van der Waals surface area contributed by atoms with Crippen molar-refractivity contribution in [2.75, 3.05) is 51.1 Å². The van der Waals surface area contributed by atoms with Crippen LogP contribution in [0.25, 0.3) is 0 Å². The van der Waals surface area contributed by atoms with Crippen LogP contribution in [0.3, 0.4) is 0 Å². The van der Waals surface area contributed by atoms with E-state index in [0.717, 1.165) is 32.7 Å².